The number of ether oxygens (including phenoxy) is 1. The van der Waals surface area contributed by atoms with Crippen LogP contribution in [0.1, 0.15) is 44.2 Å². The highest BCUT2D eigenvalue weighted by Crippen LogP contribution is 2.30. The van der Waals surface area contributed by atoms with Crippen molar-refractivity contribution in [1.82, 2.24) is 4.98 Å². The minimum Gasteiger partial charge on any atom is -0.441 e. The van der Waals surface area contributed by atoms with E-state index in [-0.39, 0.29) is 5.38 Å². The smallest absolute Gasteiger partial charge is 0.212 e. The summed E-state index contributed by atoms with van der Waals surface area (Å²) in [5, 5.41) is -0.207. The van der Waals surface area contributed by atoms with E-state index < -0.39 is 5.60 Å². The molecule has 1 aromatic rings. The molecule has 2 unspecified atom stereocenters. The van der Waals surface area contributed by atoms with Crippen molar-refractivity contribution >= 4 is 11.6 Å². The topological polar surface area (TPSA) is 35.3 Å². The van der Waals surface area contributed by atoms with E-state index in [1.807, 2.05) is 20.8 Å². The van der Waals surface area contributed by atoms with Crippen LogP contribution in [0.25, 0.3) is 0 Å². The molecule has 0 amide bonds. The molecule has 0 saturated carbocycles. The number of hydrogen-bond acceptors (Lipinski definition) is 3. The number of alkyl halides is 1. The minimum absolute atomic E-state index is 0.207. The van der Waals surface area contributed by atoms with Gasteiger partial charge in [0.05, 0.1) is 6.20 Å². The van der Waals surface area contributed by atoms with Gasteiger partial charge in [0.2, 0.25) is 5.89 Å². The van der Waals surface area contributed by atoms with Crippen LogP contribution in [-0.4, -0.2) is 12.1 Å². The lowest BCUT2D eigenvalue weighted by atomic mass is 10.0. The maximum absolute atomic E-state index is 5.86. The lowest BCUT2D eigenvalue weighted by molar-refractivity contribution is -0.0197. The zero-order valence-electron chi connectivity index (χ0n) is 9.00. The fourth-order valence-electron chi connectivity index (χ4n) is 1.14. The molecule has 2 atom stereocenters. The van der Waals surface area contributed by atoms with Gasteiger partial charge in [0, 0.05) is 7.11 Å². The van der Waals surface area contributed by atoms with Crippen molar-refractivity contribution in [3.05, 3.63) is 17.8 Å². The van der Waals surface area contributed by atoms with Gasteiger partial charge in [-0.25, -0.2) is 4.98 Å². The molecule has 3 nitrogen and oxygen atoms in total. The van der Waals surface area contributed by atoms with Crippen LogP contribution in [0.4, 0.5) is 0 Å². The van der Waals surface area contributed by atoms with Crippen molar-refractivity contribution in [2.45, 2.75) is 38.2 Å². The van der Waals surface area contributed by atoms with E-state index in [1.165, 1.54) is 0 Å². The number of hydrogen-bond donors (Lipinski definition) is 0. The zero-order valence-corrected chi connectivity index (χ0v) is 9.76. The number of nitrogens with zero attached hydrogens (tertiary/aromatic N) is 1. The van der Waals surface area contributed by atoms with Gasteiger partial charge in [0.25, 0.3) is 0 Å². The van der Waals surface area contributed by atoms with Crippen LogP contribution in [0.3, 0.4) is 0 Å². The molecule has 0 aromatic carbocycles. The highest BCUT2D eigenvalue weighted by molar-refractivity contribution is 6.20. The summed E-state index contributed by atoms with van der Waals surface area (Å²) in [5.41, 5.74) is -0.406. The Morgan fingerprint density at radius 3 is 2.71 bits per heavy atom. The molecule has 1 aromatic heterocycles. The normalized spacial score (nSPS) is 17.8. The Labute approximate surface area is 89.4 Å². The maximum Gasteiger partial charge on any atom is 0.212 e. The number of halogens is 1. The molecule has 0 aliphatic heterocycles. The monoisotopic (exact) mass is 217 g/mol. The molecule has 1 rings (SSSR count). The average Bonchev–Trinajstić information content (AvgIpc) is 2.66. The SMILES string of the molecule is CCC(C)(OC)c1cnc(C(C)Cl)o1. The van der Waals surface area contributed by atoms with Crippen molar-refractivity contribution in [2.75, 3.05) is 7.11 Å². The summed E-state index contributed by atoms with van der Waals surface area (Å²) in [7, 11) is 1.66. The van der Waals surface area contributed by atoms with E-state index in [2.05, 4.69) is 4.98 Å². The lowest BCUT2D eigenvalue weighted by Crippen LogP contribution is -2.22. The highest BCUT2D eigenvalue weighted by Gasteiger charge is 2.29. The summed E-state index contributed by atoms with van der Waals surface area (Å²) in [5.74, 6) is 1.27. The fourth-order valence-corrected chi connectivity index (χ4v) is 1.24. The minimum atomic E-state index is -0.406. The molecule has 0 saturated heterocycles. The average molecular weight is 218 g/mol. The van der Waals surface area contributed by atoms with Crippen LogP contribution >= 0.6 is 11.6 Å². The quantitative estimate of drug-likeness (QED) is 0.727. The molecule has 0 bridgehead atoms. The summed E-state index contributed by atoms with van der Waals surface area (Å²) in [6, 6.07) is 0. The van der Waals surface area contributed by atoms with E-state index in [9.17, 15) is 0 Å². The largest absolute Gasteiger partial charge is 0.441 e. The van der Waals surface area contributed by atoms with Crippen molar-refractivity contribution < 1.29 is 9.15 Å². The molecule has 0 spiro atoms. The second-order valence-corrected chi connectivity index (χ2v) is 4.12. The van der Waals surface area contributed by atoms with Gasteiger partial charge in [-0.3, -0.25) is 0 Å². The van der Waals surface area contributed by atoms with Gasteiger partial charge in [0.1, 0.15) is 11.0 Å². The number of rotatable bonds is 4. The van der Waals surface area contributed by atoms with Gasteiger partial charge in [-0.15, -0.1) is 11.6 Å². The highest BCUT2D eigenvalue weighted by atomic mass is 35.5. The first-order valence-electron chi connectivity index (χ1n) is 4.69. The fraction of sp³-hybridized carbons (Fsp3) is 0.700. The Morgan fingerprint density at radius 2 is 2.36 bits per heavy atom. The number of methoxy groups -OCH3 is 1. The molecule has 1 heterocycles. The van der Waals surface area contributed by atoms with Crippen molar-refractivity contribution in [3.8, 4) is 0 Å². The van der Waals surface area contributed by atoms with Crippen molar-refractivity contribution in [1.29, 1.82) is 0 Å². The van der Waals surface area contributed by atoms with E-state index in [4.69, 9.17) is 20.8 Å². The summed E-state index contributed by atoms with van der Waals surface area (Å²) in [6.07, 6.45) is 2.51. The molecule has 4 heteroatoms. The van der Waals surface area contributed by atoms with Gasteiger partial charge < -0.3 is 9.15 Å². The van der Waals surface area contributed by atoms with Crippen LogP contribution < -0.4 is 0 Å². The predicted molar refractivity (Wildman–Crippen MR) is 55.4 cm³/mol. The first-order chi connectivity index (χ1) is 6.53. The second-order valence-electron chi connectivity index (χ2n) is 3.47. The lowest BCUT2D eigenvalue weighted by Gasteiger charge is -2.23. The van der Waals surface area contributed by atoms with Crippen LogP contribution in [0.2, 0.25) is 0 Å². The first kappa shape index (κ1) is 11.5. The third kappa shape index (κ3) is 2.10. The van der Waals surface area contributed by atoms with Crippen molar-refractivity contribution in [3.63, 3.8) is 0 Å². The summed E-state index contributed by atoms with van der Waals surface area (Å²) >= 11 is 5.86. The predicted octanol–water partition coefficient (Wildman–Crippen LogP) is 3.25. The molecule has 0 aliphatic rings. The van der Waals surface area contributed by atoms with Gasteiger partial charge in [-0.2, -0.15) is 0 Å². The first-order valence-corrected chi connectivity index (χ1v) is 5.12. The molecule has 0 radical (unpaired) electrons. The zero-order chi connectivity index (χ0) is 10.8. The Morgan fingerprint density at radius 1 is 1.71 bits per heavy atom. The van der Waals surface area contributed by atoms with Crippen molar-refractivity contribution in [2.24, 2.45) is 0 Å². The Hall–Kier alpha value is -0.540. The second kappa shape index (κ2) is 4.32. The van der Waals surface area contributed by atoms with E-state index in [0.29, 0.717) is 5.89 Å². The van der Waals surface area contributed by atoms with E-state index >= 15 is 0 Å². The summed E-state index contributed by atoms with van der Waals surface area (Å²) < 4.78 is 10.9. The third-order valence-corrected chi connectivity index (χ3v) is 2.70. The van der Waals surface area contributed by atoms with Crippen LogP contribution in [0.15, 0.2) is 10.6 Å². The van der Waals surface area contributed by atoms with Gasteiger partial charge >= 0.3 is 0 Å². The Kier molecular flexibility index (Phi) is 3.56. The van der Waals surface area contributed by atoms with E-state index in [0.717, 1.165) is 12.2 Å². The Balaban J connectivity index is 2.95. The van der Waals surface area contributed by atoms with Gasteiger partial charge in [-0.1, -0.05) is 6.92 Å². The molecule has 0 aliphatic carbocycles. The summed E-state index contributed by atoms with van der Waals surface area (Å²) in [6.45, 7) is 5.83. The molecule has 0 N–H and O–H groups in total. The molecule has 0 fully saturated rings. The van der Waals surface area contributed by atoms with Gasteiger partial charge in [0.15, 0.2) is 5.76 Å². The van der Waals surface area contributed by atoms with Crippen LogP contribution in [-0.2, 0) is 10.3 Å². The maximum atomic E-state index is 5.86. The number of aromatic nitrogens is 1. The molecule has 80 valence electrons. The van der Waals surface area contributed by atoms with Crippen LogP contribution in [0, 0.1) is 0 Å². The standard InChI is InChI=1S/C10H16ClNO2/c1-5-10(3,13-4)8-6-12-9(14-8)7(2)11/h6-7H,5H2,1-4H3. The Bertz CT molecular complexity index is 292. The number of oxazole rings is 1. The summed E-state index contributed by atoms with van der Waals surface area (Å²) in [4.78, 5) is 4.10. The van der Waals surface area contributed by atoms with E-state index in [1.54, 1.807) is 13.3 Å². The van der Waals surface area contributed by atoms with Gasteiger partial charge in [-0.05, 0) is 20.3 Å². The molecular weight excluding hydrogens is 202 g/mol. The molecular formula is C10H16ClNO2. The van der Waals surface area contributed by atoms with Crippen LogP contribution in [0.5, 0.6) is 0 Å². The molecule has 14 heavy (non-hydrogen) atoms. The third-order valence-electron chi connectivity index (χ3n) is 2.51.